The van der Waals surface area contributed by atoms with Gasteiger partial charge < -0.3 is 5.32 Å². The van der Waals surface area contributed by atoms with Gasteiger partial charge in [-0.25, -0.2) is 4.98 Å². The van der Waals surface area contributed by atoms with E-state index < -0.39 is 11.0 Å². The molecule has 0 aliphatic carbocycles. The van der Waals surface area contributed by atoms with Crippen LogP contribution >= 0.6 is 11.6 Å². The monoisotopic (exact) mass is 276 g/mol. The smallest absolute Gasteiger partial charge is 0.233 e. The fourth-order valence-corrected chi connectivity index (χ4v) is 2.53. The van der Waals surface area contributed by atoms with Crippen LogP contribution in [0.5, 0.6) is 0 Å². The molecule has 0 aromatic carbocycles. The SMILES string of the molecule is CC#CCC1(C)C(=O)NC(C)(C)c2ccc(Cl)nc21. The van der Waals surface area contributed by atoms with Crippen molar-refractivity contribution in [2.75, 3.05) is 0 Å². The highest BCUT2D eigenvalue weighted by molar-refractivity contribution is 6.29. The maximum absolute atomic E-state index is 12.4. The Balaban J connectivity index is 2.67. The molecule has 19 heavy (non-hydrogen) atoms. The molecule has 0 spiro atoms. The highest BCUT2D eigenvalue weighted by Gasteiger charge is 2.47. The van der Waals surface area contributed by atoms with Crippen molar-refractivity contribution in [1.29, 1.82) is 0 Å². The van der Waals surface area contributed by atoms with Crippen molar-refractivity contribution in [3.05, 3.63) is 28.5 Å². The maximum atomic E-state index is 12.4. The van der Waals surface area contributed by atoms with Gasteiger partial charge in [0.2, 0.25) is 5.91 Å². The van der Waals surface area contributed by atoms with Crippen LogP contribution in [0.15, 0.2) is 12.1 Å². The number of carbonyl (C=O) groups is 1. The molecule has 3 nitrogen and oxygen atoms in total. The average Bonchev–Trinajstić information content (AvgIpc) is 2.33. The van der Waals surface area contributed by atoms with Crippen molar-refractivity contribution >= 4 is 17.5 Å². The van der Waals surface area contributed by atoms with Gasteiger partial charge in [-0.3, -0.25) is 4.79 Å². The quantitative estimate of drug-likeness (QED) is 0.633. The normalized spacial score (nSPS) is 23.9. The first-order chi connectivity index (χ1) is 8.81. The molecule has 1 aliphatic rings. The zero-order valence-electron chi connectivity index (χ0n) is 11.6. The van der Waals surface area contributed by atoms with E-state index in [4.69, 9.17) is 11.6 Å². The van der Waals surface area contributed by atoms with Crippen LogP contribution in [-0.2, 0) is 15.7 Å². The molecule has 0 bridgehead atoms. The maximum Gasteiger partial charge on any atom is 0.233 e. The Bertz CT molecular complexity index is 598. The highest BCUT2D eigenvalue weighted by Crippen LogP contribution is 2.39. The summed E-state index contributed by atoms with van der Waals surface area (Å²) in [6.45, 7) is 7.55. The molecule has 1 amide bonds. The lowest BCUT2D eigenvalue weighted by atomic mass is 9.72. The van der Waals surface area contributed by atoms with Crippen molar-refractivity contribution < 1.29 is 4.79 Å². The summed E-state index contributed by atoms with van der Waals surface area (Å²) in [5, 5.41) is 3.44. The third-order valence-corrected chi connectivity index (χ3v) is 3.81. The van der Waals surface area contributed by atoms with E-state index in [0.29, 0.717) is 11.6 Å². The third kappa shape index (κ3) is 2.21. The largest absolute Gasteiger partial charge is 0.346 e. The molecular weight excluding hydrogens is 260 g/mol. The lowest BCUT2D eigenvalue weighted by molar-refractivity contribution is -0.129. The van der Waals surface area contributed by atoms with Crippen molar-refractivity contribution in [3.8, 4) is 11.8 Å². The number of hydrogen-bond donors (Lipinski definition) is 1. The number of amides is 1. The van der Waals surface area contributed by atoms with Gasteiger partial charge in [0.15, 0.2) is 0 Å². The molecule has 0 fully saturated rings. The number of hydrogen-bond acceptors (Lipinski definition) is 2. The van der Waals surface area contributed by atoms with Crippen molar-refractivity contribution in [2.24, 2.45) is 0 Å². The topological polar surface area (TPSA) is 42.0 Å². The average molecular weight is 277 g/mol. The van der Waals surface area contributed by atoms with Crippen LogP contribution in [0.2, 0.25) is 5.15 Å². The number of carbonyl (C=O) groups excluding carboxylic acids is 1. The van der Waals surface area contributed by atoms with Crippen LogP contribution in [0, 0.1) is 11.8 Å². The van der Waals surface area contributed by atoms with E-state index in [1.165, 1.54) is 0 Å². The van der Waals surface area contributed by atoms with Crippen molar-refractivity contribution in [2.45, 2.75) is 45.1 Å². The van der Waals surface area contributed by atoms with E-state index >= 15 is 0 Å². The van der Waals surface area contributed by atoms with Gasteiger partial charge in [-0.15, -0.1) is 11.8 Å². The molecular formula is C15H17ClN2O. The van der Waals surface area contributed by atoms with Crippen LogP contribution in [0.4, 0.5) is 0 Å². The van der Waals surface area contributed by atoms with E-state index in [1.54, 1.807) is 13.0 Å². The minimum absolute atomic E-state index is 0.0532. The van der Waals surface area contributed by atoms with Gasteiger partial charge in [0.1, 0.15) is 5.15 Å². The van der Waals surface area contributed by atoms with E-state index in [0.717, 1.165) is 11.3 Å². The van der Waals surface area contributed by atoms with Crippen molar-refractivity contribution in [1.82, 2.24) is 10.3 Å². The van der Waals surface area contributed by atoms with Gasteiger partial charge >= 0.3 is 0 Å². The first-order valence-electron chi connectivity index (χ1n) is 6.21. The molecule has 2 rings (SSSR count). The Morgan fingerprint density at radius 1 is 1.37 bits per heavy atom. The van der Waals surface area contributed by atoms with E-state index in [-0.39, 0.29) is 5.91 Å². The van der Waals surface area contributed by atoms with Crippen molar-refractivity contribution in [3.63, 3.8) is 0 Å². The lowest BCUT2D eigenvalue weighted by Gasteiger charge is -2.41. The predicted molar refractivity (Wildman–Crippen MR) is 75.8 cm³/mol. The lowest BCUT2D eigenvalue weighted by Crippen LogP contribution is -2.56. The Morgan fingerprint density at radius 2 is 2.05 bits per heavy atom. The second kappa shape index (κ2) is 4.54. The highest BCUT2D eigenvalue weighted by atomic mass is 35.5. The fourth-order valence-electron chi connectivity index (χ4n) is 2.39. The fraction of sp³-hybridized carbons (Fsp3) is 0.467. The number of nitrogens with zero attached hydrogens (tertiary/aromatic N) is 1. The van der Waals surface area contributed by atoms with Crippen LogP contribution < -0.4 is 5.32 Å². The van der Waals surface area contributed by atoms with Gasteiger partial charge in [-0.1, -0.05) is 17.7 Å². The Labute approximate surface area is 118 Å². The molecule has 1 unspecified atom stereocenters. The van der Waals surface area contributed by atoms with Crippen LogP contribution in [0.1, 0.15) is 45.4 Å². The van der Waals surface area contributed by atoms with Gasteiger partial charge in [0, 0.05) is 6.42 Å². The second-order valence-electron chi connectivity index (χ2n) is 5.54. The summed E-state index contributed by atoms with van der Waals surface area (Å²) in [4.78, 5) is 16.9. The van der Waals surface area contributed by atoms with Gasteiger partial charge in [0.05, 0.1) is 16.6 Å². The number of halogens is 1. The molecule has 4 heteroatoms. The molecule has 0 saturated carbocycles. The Kier molecular flexibility index (Phi) is 3.32. The summed E-state index contributed by atoms with van der Waals surface area (Å²) in [5.41, 5.74) is 0.537. The number of fused-ring (bicyclic) bond motifs is 1. The molecule has 1 N–H and O–H groups in total. The number of pyridine rings is 1. The van der Waals surface area contributed by atoms with Crippen LogP contribution in [0.3, 0.4) is 0 Å². The minimum Gasteiger partial charge on any atom is -0.346 e. The first-order valence-corrected chi connectivity index (χ1v) is 6.59. The summed E-state index contributed by atoms with van der Waals surface area (Å²) in [6, 6.07) is 3.69. The zero-order chi connectivity index (χ0) is 14.3. The van der Waals surface area contributed by atoms with Gasteiger partial charge in [0.25, 0.3) is 0 Å². The zero-order valence-corrected chi connectivity index (χ0v) is 12.4. The molecule has 1 aromatic rings. The molecule has 1 aromatic heterocycles. The molecule has 2 heterocycles. The predicted octanol–water partition coefficient (Wildman–Crippen LogP) is 2.77. The standard InChI is InChI=1S/C15H17ClN2O/c1-5-6-9-15(4)12-10(7-8-11(16)17-12)14(2,3)18-13(15)19/h7-8H,9H2,1-4H3,(H,18,19). The summed E-state index contributed by atoms with van der Waals surface area (Å²) in [7, 11) is 0. The van der Waals surface area contributed by atoms with E-state index in [9.17, 15) is 4.79 Å². The molecule has 0 radical (unpaired) electrons. The molecule has 1 atom stereocenters. The van der Waals surface area contributed by atoms with E-state index in [2.05, 4.69) is 22.1 Å². The van der Waals surface area contributed by atoms with Gasteiger partial charge in [-0.05, 0) is 39.3 Å². The van der Waals surface area contributed by atoms with Crippen LogP contribution in [0.25, 0.3) is 0 Å². The van der Waals surface area contributed by atoms with Gasteiger partial charge in [-0.2, -0.15) is 0 Å². The molecule has 0 saturated heterocycles. The molecule has 1 aliphatic heterocycles. The van der Waals surface area contributed by atoms with Crippen LogP contribution in [-0.4, -0.2) is 10.9 Å². The second-order valence-corrected chi connectivity index (χ2v) is 5.93. The number of aromatic nitrogens is 1. The summed E-state index contributed by atoms with van der Waals surface area (Å²) >= 11 is 6.00. The number of rotatable bonds is 1. The van der Waals surface area contributed by atoms with E-state index in [1.807, 2.05) is 26.8 Å². The summed E-state index contributed by atoms with van der Waals surface area (Å²) in [6.07, 6.45) is 0.436. The summed E-state index contributed by atoms with van der Waals surface area (Å²) < 4.78 is 0. The third-order valence-electron chi connectivity index (χ3n) is 3.60. The summed E-state index contributed by atoms with van der Waals surface area (Å²) in [5.74, 6) is 5.77. The molecule has 100 valence electrons. The minimum atomic E-state index is -0.751. The Hall–Kier alpha value is -1.53. The first kappa shape index (κ1) is 13.9. The number of nitrogens with one attached hydrogen (secondary N) is 1. The Morgan fingerprint density at radius 3 is 2.68 bits per heavy atom.